The second-order valence-corrected chi connectivity index (χ2v) is 7.30. The number of ether oxygens (including phenoxy) is 2. The van der Waals surface area contributed by atoms with Crippen LogP contribution < -0.4 is 10.6 Å². The Morgan fingerprint density at radius 3 is 2.52 bits per heavy atom. The van der Waals surface area contributed by atoms with Crippen LogP contribution in [0.25, 0.3) is 0 Å². The van der Waals surface area contributed by atoms with Crippen LogP contribution in [0.15, 0.2) is 0 Å². The Balaban J connectivity index is 1.84. The summed E-state index contributed by atoms with van der Waals surface area (Å²) in [6, 6.07) is 0.770. The third kappa shape index (κ3) is 4.85. The van der Waals surface area contributed by atoms with Gasteiger partial charge in [-0.25, -0.2) is 4.79 Å². The van der Waals surface area contributed by atoms with Gasteiger partial charge in [0, 0.05) is 12.6 Å². The van der Waals surface area contributed by atoms with Crippen LogP contribution >= 0.6 is 0 Å². The highest BCUT2D eigenvalue weighted by atomic mass is 16.6. The minimum atomic E-state index is -0.461. The average molecular weight is 298 g/mol. The largest absolute Gasteiger partial charge is 0.444 e. The van der Waals surface area contributed by atoms with Gasteiger partial charge in [-0.05, 0) is 59.8 Å². The average Bonchev–Trinajstić information content (AvgIpc) is 3.16. The molecule has 2 saturated carbocycles. The Morgan fingerprint density at radius 2 is 2.00 bits per heavy atom. The number of hydrogen-bond donors (Lipinski definition) is 2. The number of alkyl carbamates (subject to hydrolysis) is 1. The van der Waals surface area contributed by atoms with E-state index in [9.17, 15) is 4.79 Å². The van der Waals surface area contributed by atoms with Gasteiger partial charge in [-0.2, -0.15) is 0 Å². The zero-order valence-electron chi connectivity index (χ0n) is 13.9. The van der Waals surface area contributed by atoms with Gasteiger partial charge in [0.2, 0.25) is 0 Å². The van der Waals surface area contributed by atoms with Gasteiger partial charge in [0.1, 0.15) is 5.60 Å². The van der Waals surface area contributed by atoms with Gasteiger partial charge < -0.3 is 20.1 Å². The molecule has 21 heavy (non-hydrogen) atoms. The molecule has 0 aromatic rings. The van der Waals surface area contributed by atoms with Crippen molar-refractivity contribution in [3.05, 3.63) is 0 Å². The lowest BCUT2D eigenvalue weighted by atomic mass is 9.82. The summed E-state index contributed by atoms with van der Waals surface area (Å²) in [6.07, 6.45) is 3.32. The van der Waals surface area contributed by atoms with Crippen molar-refractivity contribution in [1.82, 2.24) is 10.6 Å². The van der Waals surface area contributed by atoms with Crippen molar-refractivity contribution in [2.24, 2.45) is 5.92 Å². The number of rotatable bonds is 6. The number of carbonyl (C=O) groups is 1. The summed E-state index contributed by atoms with van der Waals surface area (Å²) in [5.74, 6) is 0.787. The fraction of sp³-hybridized carbons (Fsp3) is 0.938. The summed E-state index contributed by atoms with van der Waals surface area (Å²) in [4.78, 5) is 11.9. The van der Waals surface area contributed by atoms with E-state index in [4.69, 9.17) is 9.47 Å². The fourth-order valence-electron chi connectivity index (χ4n) is 2.86. The summed E-state index contributed by atoms with van der Waals surface area (Å²) in [7, 11) is 0. The second kappa shape index (κ2) is 6.53. The molecule has 2 fully saturated rings. The molecule has 0 aliphatic heterocycles. The molecule has 0 heterocycles. The first-order valence-corrected chi connectivity index (χ1v) is 8.17. The lowest BCUT2D eigenvalue weighted by Gasteiger charge is -2.46. The van der Waals surface area contributed by atoms with E-state index in [1.165, 1.54) is 12.8 Å². The van der Waals surface area contributed by atoms with Crippen LogP contribution in [-0.4, -0.2) is 42.5 Å². The molecule has 4 atom stereocenters. The molecule has 2 aliphatic carbocycles. The van der Waals surface area contributed by atoms with Crippen molar-refractivity contribution < 1.29 is 14.3 Å². The zero-order chi connectivity index (χ0) is 15.6. The summed E-state index contributed by atoms with van der Waals surface area (Å²) < 4.78 is 11.1. The van der Waals surface area contributed by atoms with Crippen LogP contribution in [0.1, 0.15) is 53.9 Å². The van der Waals surface area contributed by atoms with Crippen molar-refractivity contribution in [2.45, 2.75) is 83.7 Å². The highest BCUT2D eigenvalue weighted by molar-refractivity contribution is 5.68. The Bertz CT molecular complexity index is 363. The standard InChI is InChI=1S/C16H30N2O3/c1-6-20-13-9-12(18-15(19)21-16(3,4)5)14(13)17-10(2)11-7-8-11/h10-14,17H,6-9H2,1-5H3,(H,18,19). The molecule has 4 unspecified atom stereocenters. The Kier molecular flexibility index (Phi) is 5.15. The second-order valence-electron chi connectivity index (χ2n) is 7.30. The third-order valence-corrected chi connectivity index (χ3v) is 4.19. The summed E-state index contributed by atoms with van der Waals surface area (Å²) in [6.45, 7) is 10.6. The monoisotopic (exact) mass is 298 g/mol. The van der Waals surface area contributed by atoms with Gasteiger partial charge in [-0.15, -0.1) is 0 Å². The van der Waals surface area contributed by atoms with E-state index in [-0.39, 0.29) is 24.3 Å². The highest BCUT2D eigenvalue weighted by Gasteiger charge is 2.45. The number of carbonyl (C=O) groups excluding carboxylic acids is 1. The van der Waals surface area contributed by atoms with E-state index >= 15 is 0 Å². The van der Waals surface area contributed by atoms with Crippen molar-refractivity contribution in [1.29, 1.82) is 0 Å². The van der Waals surface area contributed by atoms with Crippen molar-refractivity contribution in [3.8, 4) is 0 Å². The molecule has 2 aliphatic rings. The molecule has 122 valence electrons. The lowest BCUT2D eigenvalue weighted by molar-refractivity contribution is -0.0467. The van der Waals surface area contributed by atoms with Gasteiger partial charge in [-0.3, -0.25) is 0 Å². The predicted octanol–water partition coefficient (Wildman–Crippen LogP) is 2.45. The molecule has 0 bridgehead atoms. The van der Waals surface area contributed by atoms with Crippen molar-refractivity contribution in [2.75, 3.05) is 6.61 Å². The zero-order valence-corrected chi connectivity index (χ0v) is 13.9. The van der Waals surface area contributed by atoms with Crippen LogP contribution in [0, 0.1) is 5.92 Å². The quantitative estimate of drug-likeness (QED) is 0.791. The predicted molar refractivity (Wildman–Crippen MR) is 82.3 cm³/mol. The summed E-state index contributed by atoms with van der Waals surface area (Å²) >= 11 is 0. The summed E-state index contributed by atoms with van der Waals surface area (Å²) in [5.41, 5.74) is -0.461. The molecule has 2 N–H and O–H groups in total. The first-order valence-electron chi connectivity index (χ1n) is 8.17. The van der Waals surface area contributed by atoms with E-state index in [0.29, 0.717) is 12.6 Å². The third-order valence-electron chi connectivity index (χ3n) is 4.19. The maximum absolute atomic E-state index is 11.9. The van der Waals surface area contributed by atoms with Crippen LogP contribution in [0.3, 0.4) is 0 Å². The minimum Gasteiger partial charge on any atom is -0.444 e. The molecule has 0 aromatic carbocycles. The molecule has 2 rings (SSSR count). The van der Waals surface area contributed by atoms with Gasteiger partial charge in [-0.1, -0.05) is 0 Å². The minimum absolute atomic E-state index is 0.0950. The number of amides is 1. The Hall–Kier alpha value is -0.810. The number of hydrogen-bond acceptors (Lipinski definition) is 4. The lowest BCUT2D eigenvalue weighted by Crippen LogP contribution is -2.67. The van der Waals surface area contributed by atoms with Crippen LogP contribution in [0.4, 0.5) is 4.79 Å². The molecule has 5 heteroatoms. The van der Waals surface area contributed by atoms with Crippen molar-refractivity contribution in [3.63, 3.8) is 0 Å². The molecule has 0 spiro atoms. The van der Waals surface area contributed by atoms with E-state index in [1.807, 2.05) is 27.7 Å². The topological polar surface area (TPSA) is 59.6 Å². The van der Waals surface area contributed by atoms with Gasteiger partial charge in [0.25, 0.3) is 0 Å². The molecule has 0 aromatic heterocycles. The Morgan fingerprint density at radius 1 is 1.33 bits per heavy atom. The normalized spacial score (nSPS) is 30.4. The Labute approximate surface area is 128 Å². The highest BCUT2D eigenvalue weighted by Crippen LogP contribution is 2.34. The van der Waals surface area contributed by atoms with E-state index in [0.717, 1.165) is 12.3 Å². The van der Waals surface area contributed by atoms with Gasteiger partial charge >= 0.3 is 6.09 Å². The molecule has 0 saturated heterocycles. The summed E-state index contributed by atoms with van der Waals surface area (Å²) in [5, 5.41) is 6.61. The molecular formula is C16H30N2O3. The number of nitrogens with one attached hydrogen (secondary N) is 2. The van der Waals surface area contributed by atoms with Gasteiger partial charge in [0.15, 0.2) is 0 Å². The first-order chi connectivity index (χ1) is 9.80. The van der Waals surface area contributed by atoms with E-state index < -0.39 is 5.60 Å². The maximum atomic E-state index is 11.9. The van der Waals surface area contributed by atoms with Crippen LogP contribution in [-0.2, 0) is 9.47 Å². The van der Waals surface area contributed by atoms with E-state index in [2.05, 4.69) is 17.6 Å². The van der Waals surface area contributed by atoms with Crippen molar-refractivity contribution >= 4 is 6.09 Å². The SMILES string of the molecule is CCOC1CC(NC(=O)OC(C)(C)C)C1NC(C)C1CC1. The molecule has 1 amide bonds. The molecule has 0 radical (unpaired) electrons. The first kappa shape index (κ1) is 16.6. The van der Waals surface area contributed by atoms with Gasteiger partial charge in [0.05, 0.1) is 18.2 Å². The smallest absolute Gasteiger partial charge is 0.407 e. The van der Waals surface area contributed by atoms with Crippen LogP contribution in [0.5, 0.6) is 0 Å². The maximum Gasteiger partial charge on any atom is 0.407 e. The van der Waals surface area contributed by atoms with Crippen LogP contribution in [0.2, 0.25) is 0 Å². The fourth-order valence-corrected chi connectivity index (χ4v) is 2.86. The molecular weight excluding hydrogens is 268 g/mol. The van der Waals surface area contributed by atoms with E-state index in [1.54, 1.807) is 0 Å². The molecule has 5 nitrogen and oxygen atoms in total.